The Balaban J connectivity index is 2.11. The van der Waals surface area contributed by atoms with Crippen LogP contribution in [0.5, 0.6) is 0 Å². The van der Waals surface area contributed by atoms with Crippen molar-refractivity contribution in [2.45, 2.75) is 72.3 Å². The average molecular weight is 287 g/mol. The van der Waals surface area contributed by atoms with E-state index in [0.717, 1.165) is 12.5 Å². The minimum absolute atomic E-state index is 0.535. The van der Waals surface area contributed by atoms with Gasteiger partial charge in [-0.2, -0.15) is 0 Å². The normalized spacial score (nSPS) is 20.7. The molecule has 1 nitrogen and oxygen atoms in total. The fourth-order valence-electron chi connectivity index (χ4n) is 3.62. The SMILES string of the molecule is CCNC(c1ccc(C(C)C)cc1)C1CCC(C)(C)CC1. The highest BCUT2D eigenvalue weighted by Gasteiger charge is 2.31. The summed E-state index contributed by atoms with van der Waals surface area (Å²) in [6.07, 6.45) is 5.44. The van der Waals surface area contributed by atoms with Gasteiger partial charge in [0.05, 0.1) is 0 Å². The van der Waals surface area contributed by atoms with Crippen LogP contribution < -0.4 is 5.32 Å². The molecule has 1 aliphatic rings. The Kier molecular flexibility index (Phi) is 5.48. The van der Waals surface area contributed by atoms with Crippen molar-refractivity contribution in [3.63, 3.8) is 0 Å². The summed E-state index contributed by atoms with van der Waals surface area (Å²) in [7, 11) is 0. The Labute approximate surface area is 131 Å². The molecule has 2 rings (SSSR count). The molecule has 1 aliphatic carbocycles. The molecule has 0 amide bonds. The van der Waals surface area contributed by atoms with Crippen molar-refractivity contribution in [2.75, 3.05) is 6.54 Å². The predicted octanol–water partition coefficient (Wildman–Crippen LogP) is 5.68. The fourth-order valence-corrected chi connectivity index (χ4v) is 3.62. The Morgan fingerprint density at radius 1 is 1.05 bits per heavy atom. The zero-order chi connectivity index (χ0) is 15.5. The zero-order valence-corrected chi connectivity index (χ0v) is 14.6. The second kappa shape index (κ2) is 6.96. The van der Waals surface area contributed by atoms with Gasteiger partial charge in [-0.25, -0.2) is 0 Å². The van der Waals surface area contributed by atoms with Gasteiger partial charge in [-0.15, -0.1) is 0 Å². The van der Waals surface area contributed by atoms with Gasteiger partial charge in [0.15, 0.2) is 0 Å². The van der Waals surface area contributed by atoms with Crippen LogP contribution in [0, 0.1) is 11.3 Å². The summed E-state index contributed by atoms with van der Waals surface area (Å²) in [6.45, 7) is 12.6. The van der Waals surface area contributed by atoms with E-state index in [1.54, 1.807) is 0 Å². The van der Waals surface area contributed by atoms with E-state index in [2.05, 4.69) is 64.2 Å². The molecule has 1 aromatic rings. The minimum atomic E-state index is 0.535. The van der Waals surface area contributed by atoms with Crippen LogP contribution >= 0.6 is 0 Å². The Morgan fingerprint density at radius 2 is 1.57 bits per heavy atom. The molecule has 1 unspecified atom stereocenters. The van der Waals surface area contributed by atoms with Crippen molar-refractivity contribution in [3.05, 3.63) is 35.4 Å². The maximum atomic E-state index is 3.74. The van der Waals surface area contributed by atoms with Crippen molar-refractivity contribution in [1.82, 2.24) is 5.32 Å². The van der Waals surface area contributed by atoms with Gasteiger partial charge in [-0.1, -0.05) is 58.9 Å². The van der Waals surface area contributed by atoms with E-state index in [4.69, 9.17) is 0 Å². The minimum Gasteiger partial charge on any atom is -0.310 e. The molecule has 0 saturated heterocycles. The molecule has 0 heterocycles. The first kappa shape index (κ1) is 16.5. The largest absolute Gasteiger partial charge is 0.310 e. The first-order valence-corrected chi connectivity index (χ1v) is 8.76. The lowest BCUT2D eigenvalue weighted by Gasteiger charge is -2.38. The van der Waals surface area contributed by atoms with Crippen LogP contribution in [-0.2, 0) is 0 Å². The molecule has 21 heavy (non-hydrogen) atoms. The Hall–Kier alpha value is -0.820. The lowest BCUT2D eigenvalue weighted by Crippen LogP contribution is -2.32. The van der Waals surface area contributed by atoms with Crippen LogP contribution in [0.2, 0.25) is 0 Å². The lowest BCUT2D eigenvalue weighted by atomic mass is 9.70. The van der Waals surface area contributed by atoms with Crippen LogP contribution in [0.1, 0.15) is 83.4 Å². The highest BCUT2D eigenvalue weighted by atomic mass is 14.9. The summed E-state index contributed by atoms with van der Waals surface area (Å²) in [5, 5.41) is 3.74. The molecule has 1 N–H and O–H groups in total. The standard InChI is InChI=1S/C20H33N/c1-6-21-19(18-11-13-20(4,5)14-12-18)17-9-7-16(8-10-17)15(2)3/h7-10,15,18-19,21H,6,11-14H2,1-5H3. The first-order chi connectivity index (χ1) is 9.93. The van der Waals surface area contributed by atoms with Gasteiger partial charge in [-0.3, -0.25) is 0 Å². The highest BCUT2D eigenvalue weighted by Crippen LogP contribution is 2.42. The Bertz CT molecular complexity index is 420. The summed E-state index contributed by atoms with van der Waals surface area (Å²) >= 11 is 0. The van der Waals surface area contributed by atoms with Crippen molar-refractivity contribution in [2.24, 2.45) is 11.3 Å². The highest BCUT2D eigenvalue weighted by molar-refractivity contribution is 5.27. The van der Waals surface area contributed by atoms with E-state index in [1.807, 2.05) is 0 Å². The molecular weight excluding hydrogens is 254 g/mol. The molecule has 1 fully saturated rings. The lowest BCUT2D eigenvalue weighted by molar-refractivity contribution is 0.162. The number of nitrogens with one attached hydrogen (secondary N) is 1. The summed E-state index contributed by atoms with van der Waals surface area (Å²) < 4.78 is 0. The van der Waals surface area contributed by atoms with E-state index in [-0.39, 0.29) is 0 Å². The number of hydrogen-bond acceptors (Lipinski definition) is 1. The van der Waals surface area contributed by atoms with E-state index in [1.165, 1.54) is 36.8 Å². The van der Waals surface area contributed by atoms with Gasteiger partial charge < -0.3 is 5.32 Å². The van der Waals surface area contributed by atoms with Gasteiger partial charge in [-0.05, 0) is 60.6 Å². The van der Waals surface area contributed by atoms with Crippen LogP contribution in [0.4, 0.5) is 0 Å². The third-order valence-electron chi connectivity index (χ3n) is 5.24. The molecule has 0 radical (unpaired) electrons. The van der Waals surface area contributed by atoms with Crippen molar-refractivity contribution in [3.8, 4) is 0 Å². The zero-order valence-electron chi connectivity index (χ0n) is 14.6. The molecule has 0 spiro atoms. The molecule has 0 bridgehead atoms. The fraction of sp³-hybridized carbons (Fsp3) is 0.700. The molecule has 118 valence electrons. The molecule has 1 aromatic carbocycles. The summed E-state index contributed by atoms with van der Waals surface area (Å²) in [5.41, 5.74) is 3.47. The number of rotatable bonds is 5. The summed E-state index contributed by atoms with van der Waals surface area (Å²) in [5.74, 6) is 1.41. The van der Waals surface area contributed by atoms with E-state index >= 15 is 0 Å². The van der Waals surface area contributed by atoms with Gasteiger partial charge in [0.1, 0.15) is 0 Å². The summed E-state index contributed by atoms with van der Waals surface area (Å²) in [4.78, 5) is 0. The van der Waals surface area contributed by atoms with Crippen LogP contribution in [0.25, 0.3) is 0 Å². The maximum Gasteiger partial charge on any atom is 0.0348 e. The molecule has 0 aromatic heterocycles. The van der Waals surface area contributed by atoms with Crippen molar-refractivity contribution in [1.29, 1.82) is 0 Å². The second-order valence-corrected chi connectivity index (χ2v) is 7.86. The average Bonchev–Trinajstić information content (AvgIpc) is 2.45. The summed E-state index contributed by atoms with van der Waals surface area (Å²) in [6, 6.07) is 9.87. The second-order valence-electron chi connectivity index (χ2n) is 7.86. The van der Waals surface area contributed by atoms with Gasteiger partial charge in [0.25, 0.3) is 0 Å². The number of benzene rings is 1. The predicted molar refractivity (Wildman–Crippen MR) is 92.7 cm³/mol. The van der Waals surface area contributed by atoms with Gasteiger partial charge >= 0.3 is 0 Å². The quantitative estimate of drug-likeness (QED) is 0.735. The molecule has 0 aliphatic heterocycles. The van der Waals surface area contributed by atoms with Crippen LogP contribution in [-0.4, -0.2) is 6.54 Å². The van der Waals surface area contributed by atoms with Crippen molar-refractivity contribution >= 4 is 0 Å². The van der Waals surface area contributed by atoms with Crippen LogP contribution in [0.15, 0.2) is 24.3 Å². The van der Waals surface area contributed by atoms with Gasteiger partial charge in [0, 0.05) is 6.04 Å². The molecule has 1 heteroatoms. The Morgan fingerprint density at radius 3 is 2.05 bits per heavy atom. The topological polar surface area (TPSA) is 12.0 Å². The third kappa shape index (κ3) is 4.32. The van der Waals surface area contributed by atoms with E-state index in [9.17, 15) is 0 Å². The van der Waals surface area contributed by atoms with Crippen molar-refractivity contribution < 1.29 is 0 Å². The van der Waals surface area contributed by atoms with Crippen LogP contribution in [0.3, 0.4) is 0 Å². The first-order valence-electron chi connectivity index (χ1n) is 8.76. The smallest absolute Gasteiger partial charge is 0.0348 e. The van der Waals surface area contributed by atoms with E-state index < -0.39 is 0 Å². The van der Waals surface area contributed by atoms with E-state index in [0.29, 0.717) is 17.4 Å². The third-order valence-corrected chi connectivity index (χ3v) is 5.24. The van der Waals surface area contributed by atoms with Gasteiger partial charge in [0.2, 0.25) is 0 Å². The molecule has 1 atom stereocenters. The monoisotopic (exact) mass is 287 g/mol. The molecular formula is C20H33N. The number of hydrogen-bond donors (Lipinski definition) is 1. The maximum absolute atomic E-state index is 3.74. The molecule has 1 saturated carbocycles.